The zero-order chi connectivity index (χ0) is 13.7. The Labute approximate surface area is 118 Å². The summed E-state index contributed by atoms with van der Waals surface area (Å²) >= 11 is 5.83. The van der Waals surface area contributed by atoms with E-state index in [4.69, 9.17) is 16.3 Å². The third kappa shape index (κ3) is 4.11. The number of carbonyl (C=O) groups is 1. The summed E-state index contributed by atoms with van der Waals surface area (Å²) in [4.78, 5) is 13.6. The van der Waals surface area contributed by atoms with Gasteiger partial charge in [-0.1, -0.05) is 11.6 Å². The van der Waals surface area contributed by atoms with Crippen molar-refractivity contribution in [1.82, 2.24) is 10.2 Å². The van der Waals surface area contributed by atoms with Crippen molar-refractivity contribution in [2.45, 2.75) is 18.9 Å². The summed E-state index contributed by atoms with van der Waals surface area (Å²) < 4.78 is 5.89. The number of nitrogens with zero attached hydrogens (tertiary/aromatic N) is 1. The van der Waals surface area contributed by atoms with Crippen LogP contribution >= 0.6 is 11.6 Å². The largest absolute Gasteiger partial charge is 0.490 e. The molecule has 0 aliphatic carbocycles. The van der Waals surface area contributed by atoms with Gasteiger partial charge in [0.1, 0.15) is 11.9 Å². The van der Waals surface area contributed by atoms with Crippen LogP contribution in [0.3, 0.4) is 0 Å². The normalized spacial score (nSPS) is 16.4. The van der Waals surface area contributed by atoms with Gasteiger partial charge in [0.2, 0.25) is 5.91 Å². The SMILES string of the molecule is CNCC(=O)N1CCC(Oc2ccc(Cl)cc2)CC1. The molecule has 4 nitrogen and oxygen atoms in total. The minimum absolute atomic E-state index is 0.160. The zero-order valence-electron chi connectivity index (χ0n) is 11.1. The predicted octanol–water partition coefficient (Wildman–Crippen LogP) is 1.93. The number of hydrogen-bond acceptors (Lipinski definition) is 3. The van der Waals surface area contributed by atoms with Crippen LogP contribution in [0.15, 0.2) is 24.3 Å². The Balaban J connectivity index is 1.80. The summed E-state index contributed by atoms with van der Waals surface area (Å²) in [7, 11) is 1.79. The van der Waals surface area contributed by atoms with Crippen LogP contribution < -0.4 is 10.1 Å². The summed E-state index contributed by atoms with van der Waals surface area (Å²) in [5, 5.41) is 3.59. The lowest BCUT2D eigenvalue weighted by Crippen LogP contribution is -2.44. The fourth-order valence-electron chi connectivity index (χ4n) is 2.19. The predicted molar refractivity (Wildman–Crippen MR) is 75.6 cm³/mol. The summed E-state index contributed by atoms with van der Waals surface area (Å²) in [6.45, 7) is 1.93. The Hall–Kier alpha value is -1.26. The van der Waals surface area contributed by atoms with Crippen LogP contribution in [0.4, 0.5) is 0 Å². The third-order valence-electron chi connectivity index (χ3n) is 3.24. The Morgan fingerprint density at radius 1 is 1.37 bits per heavy atom. The molecule has 1 aromatic rings. The van der Waals surface area contributed by atoms with Crippen molar-refractivity contribution in [3.63, 3.8) is 0 Å². The lowest BCUT2D eigenvalue weighted by atomic mass is 10.1. The van der Waals surface area contributed by atoms with Gasteiger partial charge in [-0.2, -0.15) is 0 Å². The molecule has 1 aromatic carbocycles. The van der Waals surface area contributed by atoms with E-state index in [1.807, 2.05) is 29.2 Å². The second kappa shape index (κ2) is 6.78. The molecule has 1 aliphatic rings. The molecule has 0 spiro atoms. The van der Waals surface area contributed by atoms with Crippen LogP contribution in [0.5, 0.6) is 5.75 Å². The third-order valence-corrected chi connectivity index (χ3v) is 3.49. The van der Waals surface area contributed by atoms with Crippen LogP contribution in [-0.4, -0.2) is 43.6 Å². The van der Waals surface area contributed by atoms with E-state index < -0.39 is 0 Å². The van der Waals surface area contributed by atoms with Crippen molar-refractivity contribution < 1.29 is 9.53 Å². The lowest BCUT2D eigenvalue weighted by molar-refractivity contribution is -0.131. The molecular weight excluding hydrogens is 264 g/mol. The molecule has 0 atom stereocenters. The van der Waals surface area contributed by atoms with Crippen molar-refractivity contribution >= 4 is 17.5 Å². The Bertz CT molecular complexity index is 414. The Morgan fingerprint density at radius 2 is 2.00 bits per heavy atom. The molecule has 1 heterocycles. The van der Waals surface area contributed by atoms with E-state index in [1.165, 1.54) is 0 Å². The van der Waals surface area contributed by atoms with Gasteiger partial charge in [0, 0.05) is 31.0 Å². The molecule has 19 heavy (non-hydrogen) atoms. The highest BCUT2D eigenvalue weighted by molar-refractivity contribution is 6.30. The highest BCUT2D eigenvalue weighted by Gasteiger charge is 2.23. The molecule has 0 aromatic heterocycles. The average molecular weight is 283 g/mol. The number of piperidine rings is 1. The van der Waals surface area contributed by atoms with Gasteiger partial charge in [-0.3, -0.25) is 4.79 Å². The van der Waals surface area contributed by atoms with Crippen LogP contribution in [0, 0.1) is 0 Å². The average Bonchev–Trinajstić information content (AvgIpc) is 2.42. The van der Waals surface area contributed by atoms with Gasteiger partial charge < -0.3 is 15.0 Å². The zero-order valence-corrected chi connectivity index (χ0v) is 11.8. The first-order valence-electron chi connectivity index (χ1n) is 6.53. The van der Waals surface area contributed by atoms with Crippen molar-refractivity contribution in [2.24, 2.45) is 0 Å². The number of ether oxygens (including phenoxy) is 1. The maximum absolute atomic E-state index is 11.7. The van der Waals surface area contributed by atoms with Crippen LogP contribution in [0.2, 0.25) is 5.02 Å². The van der Waals surface area contributed by atoms with Crippen LogP contribution in [0.25, 0.3) is 0 Å². The number of amides is 1. The first-order chi connectivity index (χ1) is 9.19. The molecule has 5 heteroatoms. The van der Waals surface area contributed by atoms with E-state index in [0.717, 1.165) is 31.7 Å². The van der Waals surface area contributed by atoms with E-state index in [-0.39, 0.29) is 12.0 Å². The van der Waals surface area contributed by atoms with Crippen LogP contribution in [-0.2, 0) is 4.79 Å². The molecule has 104 valence electrons. The second-order valence-electron chi connectivity index (χ2n) is 4.68. The molecule has 1 aliphatic heterocycles. The van der Waals surface area contributed by atoms with E-state index >= 15 is 0 Å². The monoisotopic (exact) mass is 282 g/mol. The van der Waals surface area contributed by atoms with Gasteiger partial charge in [-0.05, 0) is 31.3 Å². The van der Waals surface area contributed by atoms with Gasteiger partial charge >= 0.3 is 0 Å². The summed E-state index contributed by atoms with van der Waals surface area (Å²) in [5.74, 6) is 0.997. The molecule has 0 radical (unpaired) electrons. The maximum atomic E-state index is 11.7. The number of likely N-dealkylation sites (tertiary alicyclic amines) is 1. The lowest BCUT2D eigenvalue weighted by Gasteiger charge is -2.32. The van der Waals surface area contributed by atoms with Crippen molar-refractivity contribution in [3.8, 4) is 5.75 Å². The summed E-state index contributed by atoms with van der Waals surface area (Å²) in [6, 6.07) is 7.40. The van der Waals surface area contributed by atoms with Crippen molar-refractivity contribution in [1.29, 1.82) is 0 Å². The smallest absolute Gasteiger partial charge is 0.236 e. The number of carbonyl (C=O) groups excluding carboxylic acids is 1. The molecule has 0 bridgehead atoms. The topological polar surface area (TPSA) is 41.6 Å². The number of rotatable bonds is 4. The van der Waals surface area contributed by atoms with Crippen molar-refractivity contribution in [3.05, 3.63) is 29.3 Å². The van der Waals surface area contributed by atoms with Gasteiger partial charge in [-0.25, -0.2) is 0 Å². The molecule has 1 fully saturated rings. The first kappa shape index (κ1) is 14.2. The first-order valence-corrected chi connectivity index (χ1v) is 6.91. The highest BCUT2D eigenvalue weighted by atomic mass is 35.5. The van der Waals surface area contributed by atoms with E-state index in [2.05, 4.69) is 5.32 Å². The van der Waals surface area contributed by atoms with Gasteiger partial charge in [0.25, 0.3) is 0 Å². The molecule has 0 saturated carbocycles. The van der Waals surface area contributed by atoms with Gasteiger partial charge in [0.05, 0.1) is 6.54 Å². The molecule has 1 N–H and O–H groups in total. The van der Waals surface area contributed by atoms with Gasteiger partial charge in [0.15, 0.2) is 0 Å². The second-order valence-corrected chi connectivity index (χ2v) is 5.12. The fourth-order valence-corrected chi connectivity index (χ4v) is 2.32. The Morgan fingerprint density at radius 3 is 2.58 bits per heavy atom. The molecule has 0 unspecified atom stereocenters. The quantitative estimate of drug-likeness (QED) is 0.917. The van der Waals surface area contributed by atoms with E-state index in [1.54, 1.807) is 7.05 Å². The standard InChI is InChI=1S/C14H19ClN2O2/c1-16-10-14(18)17-8-6-13(7-9-17)19-12-4-2-11(15)3-5-12/h2-5,13,16H,6-10H2,1H3. The number of likely N-dealkylation sites (N-methyl/N-ethyl adjacent to an activating group) is 1. The number of benzene rings is 1. The molecule has 1 saturated heterocycles. The maximum Gasteiger partial charge on any atom is 0.236 e. The number of hydrogen-bond donors (Lipinski definition) is 1. The fraction of sp³-hybridized carbons (Fsp3) is 0.500. The Kier molecular flexibility index (Phi) is 5.05. The van der Waals surface area contributed by atoms with Gasteiger partial charge in [-0.15, -0.1) is 0 Å². The molecule has 1 amide bonds. The highest BCUT2D eigenvalue weighted by Crippen LogP contribution is 2.21. The molecule has 2 rings (SSSR count). The van der Waals surface area contributed by atoms with E-state index in [9.17, 15) is 4.79 Å². The molecular formula is C14H19ClN2O2. The minimum Gasteiger partial charge on any atom is -0.490 e. The summed E-state index contributed by atoms with van der Waals surface area (Å²) in [5.41, 5.74) is 0. The van der Waals surface area contributed by atoms with Crippen molar-refractivity contribution in [2.75, 3.05) is 26.7 Å². The van der Waals surface area contributed by atoms with Crippen LogP contribution in [0.1, 0.15) is 12.8 Å². The number of nitrogens with one attached hydrogen (secondary N) is 1. The van der Waals surface area contributed by atoms with E-state index in [0.29, 0.717) is 11.6 Å². The summed E-state index contributed by atoms with van der Waals surface area (Å²) in [6.07, 6.45) is 1.93. The number of halogens is 1. The minimum atomic E-state index is 0.160.